The summed E-state index contributed by atoms with van der Waals surface area (Å²) in [4.78, 5) is 10.5. The summed E-state index contributed by atoms with van der Waals surface area (Å²) in [6.45, 7) is 0. The van der Waals surface area contributed by atoms with Crippen LogP contribution in [0.15, 0.2) is 273 Å². The average molecular weight is 956 g/mol. The summed E-state index contributed by atoms with van der Waals surface area (Å²) >= 11 is 0. The van der Waals surface area contributed by atoms with E-state index in [2.05, 4.69) is 268 Å². The summed E-state index contributed by atoms with van der Waals surface area (Å²) < 4.78 is 7.21. The molecule has 0 saturated heterocycles. The van der Waals surface area contributed by atoms with E-state index in [1.54, 1.807) is 0 Å². The SMILES string of the molecule is c1ccc(-c2nc(-c3ccc(-n4c5ccccc5c5ccccc54)cc3)cc(-c3cccc(-c4cccc(-c5cc(-n6c7ccccc7c7ccccc76)cc(-n6c7ccccc7c7ccccc76)c5)c4)c3)n2)cc1. The van der Waals surface area contributed by atoms with Gasteiger partial charge in [0.25, 0.3) is 0 Å². The first-order valence-electron chi connectivity index (χ1n) is 25.6. The average Bonchev–Trinajstić information content (AvgIpc) is 4.18. The molecule has 0 unspecified atom stereocenters. The lowest BCUT2D eigenvalue weighted by Gasteiger charge is -2.16. The maximum Gasteiger partial charge on any atom is 0.160 e. The van der Waals surface area contributed by atoms with E-state index in [1.165, 1.54) is 65.4 Å². The summed E-state index contributed by atoms with van der Waals surface area (Å²) in [5, 5.41) is 7.43. The van der Waals surface area contributed by atoms with Gasteiger partial charge >= 0.3 is 0 Å². The number of benzene rings is 11. The molecule has 0 amide bonds. The van der Waals surface area contributed by atoms with Crippen molar-refractivity contribution < 1.29 is 0 Å². The van der Waals surface area contributed by atoms with Crippen LogP contribution < -0.4 is 0 Å². The zero-order valence-electron chi connectivity index (χ0n) is 40.7. The molecule has 11 aromatic carbocycles. The van der Waals surface area contributed by atoms with Gasteiger partial charge in [0, 0.05) is 66.1 Å². The molecule has 350 valence electrons. The Morgan fingerprint density at radius 2 is 0.533 bits per heavy atom. The van der Waals surface area contributed by atoms with Gasteiger partial charge in [-0.05, 0) is 107 Å². The molecule has 4 heterocycles. The number of hydrogen-bond donors (Lipinski definition) is 0. The normalized spacial score (nSPS) is 11.7. The molecular formula is C70H45N5. The predicted octanol–water partition coefficient (Wildman–Crippen LogP) is 18.1. The minimum Gasteiger partial charge on any atom is -0.309 e. The molecule has 0 aliphatic heterocycles. The van der Waals surface area contributed by atoms with E-state index >= 15 is 0 Å². The quantitative estimate of drug-likeness (QED) is 0.152. The molecule has 0 N–H and O–H groups in total. The zero-order chi connectivity index (χ0) is 49.4. The molecule has 15 rings (SSSR count). The van der Waals surface area contributed by atoms with E-state index in [4.69, 9.17) is 9.97 Å². The molecule has 75 heavy (non-hydrogen) atoms. The monoisotopic (exact) mass is 955 g/mol. The fraction of sp³-hybridized carbons (Fsp3) is 0. The van der Waals surface area contributed by atoms with Crippen LogP contribution >= 0.6 is 0 Å². The number of nitrogens with zero attached hydrogens (tertiary/aromatic N) is 5. The van der Waals surface area contributed by atoms with Crippen LogP contribution in [0.5, 0.6) is 0 Å². The second kappa shape index (κ2) is 17.3. The van der Waals surface area contributed by atoms with Crippen molar-refractivity contribution in [3.8, 4) is 73.2 Å². The van der Waals surface area contributed by atoms with Crippen molar-refractivity contribution in [2.24, 2.45) is 0 Å². The Morgan fingerprint density at radius 1 is 0.200 bits per heavy atom. The van der Waals surface area contributed by atoms with Gasteiger partial charge in [-0.25, -0.2) is 9.97 Å². The van der Waals surface area contributed by atoms with Crippen molar-refractivity contribution in [1.29, 1.82) is 0 Å². The Hall–Kier alpha value is -10.1. The van der Waals surface area contributed by atoms with Crippen LogP contribution in [0.1, 0.15) is 0 Å². The first-order valence-corrected chi connectivity index (χ1v) is 25.6. The number of hydrogen-bond acceptors (Lipinski definition) is 2. The highest BCUT2D eigenvalue weighted by molar-refractivity contribution is 6.11. The van der Waals surface area contributed by atoms with E-state index in [9.17, 15) is 0 Å². The van der Waals surface area contributed by atoms with E-state index in [1.807, 2.05) is 18.2 Å². The van der Waals surface area contributed by atoms with Gasteiger partial charge < -0.3 is 13.7 Å². The fourth-order valence-corrected chi connectivity index (χ4v) is 11.6. The molecule has 0 aliphatic rings. The van der Waals surface area contributed by atoms with Crippen LogP contribution in [-0.4, -0.2) is 23.7 Å². The van der Waals surface area contributed by atoms with Crippen molar-refractivity contribution in [2.75, 3.05) is 0 Å². The standard InChI is InChI=1S/C70H45N5/c1-2-18-47(19-3-1)70-71-62(46-36-38-53(39-37-46)73-64-30-10-4-24-56(64)57-25-5-11-31-65(57)73)45-63(72-70)51-23-17-21-49(41-51)48-20-16-22-50(40-48)52-42-54(74-66-32-12-6-26-58(66)59-27-7-13-33-67(59)74)44-55(43-52)75-68-34-14-8-28-60(68)61-29-9-15-35-69(61)75/h1-45H. The fourth-order valence-electron chi connectivity index (χ4n) is 11.6. The summed E-state index contributed by atoms with van der Waals surface area (Å²) in [5.74, 6) is 0.684. The van der Waals surface area contributed by atoms with Gasteiger partial charge in [-0.1, -0.05) is 188 Å². The third kappa shape index (κ3) is 7.08. The Balaban J connectivity index is 0.851. The summed E-state index contributed by atoms with van der Waals surface area (Å²) in [7, 11) is 0. The Morgan fingerprint density at radius 3 is 0.973 bits per heavy atom. The Bertz CT molecular complexity index is 4420. The van der Waals surface area contributed by atoms with Crippen LogP contribution in [0.3, 0.4) is 0 Å². The van der Waals surface area contributed by atoms with Crippen LogP contribution in [-0.2, 0) is 0 Å². The third-order valence-electron chi connectivity index (χ3n) is 15.0. The van der Waals surface area contributed by atoms with Gasteiger partial charge in [0.15, 0.2) is 5.82 Å². The Kier molecular flexibility index (Phi) is 9.82. The number of aromatic nitrogens is 5. The zero-order valence-corrected chi connectivity index (χ0v) is 40.7. The highest BCUT2D eigenvalue weighted by atomic mass is 15.0. The van der Waals surface area contributed by atoms with Gasteiger partial charge in [0.05, 0.1) is 44.5 Å². The lowest BCUT2D eigenvalue weighted by Crippen LogP contribution is -2.00. The smallest absolute Gasteiger partial charge is 0.160 e. The van der Waals surface area contributed by atoms with Gasteiger partial charge in [0.1, 0.15) is 0 Å². The highest BCUT2D eigenvalue weighted by Gasteiger charge is 2.19. The second-order valence-corrected chi connectivity index (χ2v) is 19.4. The molecule has 5 heteroatoms. The van der Waals surface area contributed by atoms with Gasteiger partial charge in [0.2, 0.25) is 0 Å². The van der Waals surface area contributed by atoms with Crippen molar-refractivity contribution in [3.05, 3.63) is 273 Å². The van der Waals surface area contributed by atoms with E-state index in [-0.39, 0.29) is 0 Å². The maximum absolute atomic E-state index is 5.26. The minimum atomic E-state index is 0.684. The number of fused-ring (bicyclic) bond motifs is 9. The van der Waals surface area contributed by atoms with Crippen molar-refractivity contribution in [3.63, 3.8) is 0 Å². The molecule has 0 fully saturated rings. The van der Waals surface area contributed by atoms with Crippen LogP contribution in [0, 0.1) is 0 Å². The van der Waals surface area contributed by atoms with Crippen molar-refractivity contribution >= 4 is 65.4 Å². The van der Waals surface area contributed by atoms with E-state index in [0.29, 0.717) is 5.82 Å². The molecule has 4 aromatic heterocycles. The van der Waals surface area contributed by atoms with Crippen molar-refractivity contribution in [1.82, 2.24) is 23.7 Å². The molecule has 0 aliphatic carbocycles. The van der Waals surface area contributed by atoms with Crippen LogP contribution in [0.2, 0.25) is 0 Å². The first-order chi connectivity index (χ1) is 37.2. The van der Waals surface area contributed by atoms with E-state index < -0.39 is 0 Å². The topological polar surface area (TPSA) is 40.6 Å². The van der Waals surface area contributed by atoms with E-state index in [0.717, 1.165) is 67.4 Å². The summed E-state index contributed by atoms with van der Waals surface area (Å²) in [5.41, 5.74) is 19.6. The lowest BCUT2D eigenvalue weighted by atomic mass is 9.96. The van der Waals surface area contributed by atoms with Crippen LogP contribution in [0.25, 0.3) is 139 Å². The molecule has 0 radical (unpaired) electrons. The third-order valence-corrected chi connectivity index (χ3v) is 15.0. The molecule has 0 bridgehead atoms. The van der Waals surface area contributed by atoms with Crippen LogP contribution in [0.4, 0.5) is 0 Å². The van der Waals surface area contributed by atoms with Gasteiger partial charge in [-0.15, -0.1) is 0 Å². The second-order valence-electron chi connectivity index (χ2n) is 19.4. The molecule has 0 atom stereocenters. The van der Waals surface area contributed by atoms with Crippen molar-refractivity contribution in [2.45, 2.75) is 0 Å². The molecule has 15 aromatic rings. The maximum atomic E-state index is 5.26. The predicted molar refractivity (Wildman–Crippen MR) is 312 cm³/mol. The largest absolute Gasteiger partial charge is 0.309 e. The van der Waals surface area contributed by atoms with Gasteiger partial charge in [-0.2, -0.15) is 0 Å². The molecular weight excluding hydrogens is 911 g/mol. The Labute approximate surface area is 433 Å². The summed E-state index contributed by atoms with van der Waals surface area (Å²) in [6.07, 6.45) is 0. The molecule has 0 saturated carbocycles. The van der Waals surface area contributed by atoms with Gasteiger partial charge in [-0.3, -0.25) is 0 Å². The molecule has 0 spiro atoms. The number of rotatable bonds is 8. The lowest BCUT2D eigenvalue weighted by molar-refractivity contribution is 1.13. The highest BCUT2D eigenvalue weighted by Crippen LogP contribution is 2.40. The number of para-hydroxylation sites is 6. The first kappa shape index (κ1) is 42.6. The molecule has 5 nitrogen and oxygen atoms in total. The minimum absolute atomic E-state index is 0.684. The summed E-state index contributed by atoms with van der Waals surface area (Å²) in [6, 6.07) is 98.3.